The number of anilines is 1. The average Bonchev–Trinajstić information content (AvgIpc) is 3.26. The average molecular weight is 383 g/mol. The van der Waals surface area contributed by atoms with E-state index in [2.05, 4.69) is 20.2 Å². The van der Waals surface area contributed by atoms with Gasteiger partial charge in [-0.15, -0.1) is 10.2 Å². The molecule has 0 radical (unpaired) electrons. The van der Waals surface area contributed by atoms with Gasteiger partial charge >= 0.3 is 6.09 Å². The van der Waals surface area contributed by atoms with Crippen LogP contribution in [-0.2, 0) is 11.8 Å². The molecule has 4 rings (SSSR count). The van der Waals surface area contributed by atoms with E-state index in [4.69, 9.17) is 4.74 Å². The van der Waals surface area contributed by atoms with Gasteiger partial charge in [-0.2, -0.15) is 5.10 Å². The summed E-state index contributed by atoms with van der Waals surface area (Å²) in [4.78, 5) is 16.2. The van der Waals surface area contributed by atoms with Crippen molar-refractivity contribution in [1.29, 1.82) is 0 Å². The summed E-state index contributed by atoms with van der Waals surface area (Å²) in [6, 6.07) is 3.97. The highest BCUT2D eigenvalue weighted by Gasteiger charge is 2.27. The Balaban J connectivity index is 1.51. The second-order valence-electron chi connectivity index (χ2n) is 8.00. The first-order valence-corrected chi connectivity index (χ1v) is 9.37. The van der Waals surface area contributed by atoms with Gasteiger partial charge in [0, 0.05) is 56.7 Å². The fourth-order valence-electron chi connectivity index (χ4n) is 3.25. The maximum atomic E-state index is 12.3. The van der Waals surface area contributed by atoms with Crippen LogP contribution in [-0.4, -0.2) is 67.2 Å². The third kappa shape index (κ3) is 3.64. The zero-order chi connectivity index (χ0) is 19.9. The number of pyridine rings is 1. The zero-order valence-corrected chi connectivity index (χ0v) is 16.7. The van der Waals surface area contributed by atoms with E-state index in [1.165, 1.54) is 0 Å². The minimum absolute atomic E-state index is 0.267. The second kappa shape index (κ2) is 6.81. The lowest BCUT2D eigenvalue weighted by Crippen LogP contribution is -2.50. The number of carbonyl (C=O) groups is 1. The molecule has 3 aromatic heterocycles. The third-order valence-electron chi connectivity index (χ3n) is 4.64. The van der Waals surface area contributed by atoms with E-state index in [9.17, 15) is 4.79 Å². The third-order valence-corrected chi connectivity index (χ3v) is 4.64. The van der Waals surface area contributed by atoms with E-state index in [1.54, 1.807) is 9.58 Å². The minimum atomic E-state index is -0.486. The summed E-state index contributed by atoms with van der Waals surface area (Å²) >= 11 is 0. The van der Waals surface area contributed by atoms with E-state index in [0.29, 0.717) is 26.2 Å². The largest absolute Gasteiger partial charge is 0.444 e. The van der Waals surface area contributed by atoms with E-state index in [1.807, 2.05) is 62.9 Å². The number of rotatable bonds is 2. The number of piperazine rings is 1. The molecule has 0 aromatic carbocycles. The maximum absolute atomic E-state index is 12.3. The van der Waals surface area contributed by atoms with Crippen molar-refractivity contribution in [2.45, 2.75) is 26.4 Å². The first-order chi connectivity index (χ1) is 13.3. The number of aryl methyl sites for hydroxylation is 1. The molecular formula is C19H25N7O2. The van der Waals surface area contributed by atoms with Crippen molar-refractivity contribution in [3.63, 3.8) is 0 Å². The van der Waals surface area contributed by atoms with Crippen LogP contribution < -0.4 is 4.90 Å². The highest BCUT2D eigenvalue weighted by molar-refractivity contribution is 5.68. The van der Waals surface area contributed by atoms with Gasteiger partial charge in [-0.3, -0.25) is 9.08 Å². The molecule has 1 amide bonds. The molecule has 1 saturated heterocycles. The normalized spacial score (nSPS) is 15.3. The maximum Gasteiger partial charge on any atom is 0.410 e. The number of hydrogen-bond acceptors (Lipinski definition) is 6. The fourth-order valence-corrected chi connectivity index (χ4v) is 3.25. The summed E-state index contributed by atoms with van der Waals surface area (Å²) in [5.41, 5.74) is 2.39. The minimum Gasteiger partial charge on any atom is -0.444 e. The number of amides is 1. The predicted molar refractivity (Wildman–Crippen MR) is 105 cm³/mol. The molecule has 1 aliphatic rings. The highest BCUT2D eigenvalue weighted by Crippen LogP contribution is 2.23. The van der Waals surface area contributed by atoms with E-state index >= 15 is 0 Å². The van der Waals surface area contributed by atoms with Gasteiger partial charge in [0.2, 0.25) is 5.95 Å². The SMILES string of the molecule is Cn1cc(-c2ccc3nnc(N4CCN(C(=O)OC(C)(C)C)CC4)n3c2)cn1. The molecule has 4 heterocycles. The smallest absolute Gasteiger partial charge is 0.410 e. The summed E-state index contributed by atoms with van der Waals surface area (Å²) in [6.45, 7) is 8.17. The molecule has 1 fully saturated rings. The molecular weight excluding hydrogens is 358 g/mol. The van der Waals surface area contributed by atoms with Gasteiger partial charge in [-0.1, -0.05) is 0 Å². The van der Waals surface area contributed by atoms with Crippen molar-refractivity contribution < 1.29 is 9.53 Å². The molecule has 0 saturated carbocycles. The number of fused-ring (bicyclic) bond motifs is 1. The Morgan fingerprint density at radius 1 is 1.04 bits per heavy atom. The molecule has 3 aromatic rings. The number of nitrogens with zero attached hydrogens (tertiary/aromatic N) is 7. The van der Waals surface area contributed by atoms with Gasteiger partial charge in [-0.25, -0.2) is 4.79 Å². The molecule has 0 bridgehead atoms. The first-order valence-electron chi connectivity index (χ1n) is 9.37. The summed E-state index contributed by atoms with van der Waals surface area (Å²) in [7, 11) is 1.90. The topological polar surface area (TPSA) is 80.8 Å². The van der Waals surface area contributed by atoms with Crippen LogP contribution in [0.5, 0.6) is 0 Å². The lowest BCUT2D eigenvalue weighted by atomic mass is 10.2. The monoisotopic (exact) mass is 383 g/mol. The van der Waals surface area contributed by atoms with E-state index in [-0.39, 0.29) is 6.09 Å². The van der Waals surface area contributed by atoms with E-state index in [0.717, 1.165) is 22.7 Å². The molecule has 28 heavy (non-hydrogen) atoms. The van der Waals surface area contributed by atoms with Gasteiger partial charge in [0.25, 0.3) is 0 Å². The molecule has 9 heteroatoms. The van der Waals surface area contributed by atoms with Gasteiger partial charge in [-0.05, 0) is 32.9 Å². The molecule has 0 unspecified atom stereocenters. The quantitative estimate of drug-likeness (QED) is 0.675. The van der Waals surface area contributed by atoms with Crippen LogP contribution in [0.3, 0.4) is 0 Å². The summed E-state index contributed by atoms with van der Waals surface area (Å²) < 4.78 is 9.24. The second-order valence-corrected chi connectivity index (χ2v) is 8.00. The standard InChI is InChI=1S/C19H25N7O2/c1-19(2,3)28-18(27)25-9-7-24(8-10-25)17-22-21-16-6-5-14(13-26(16)17)15-11-20-23(4)12-15/h5-6,11-13H,7-10H2,1-4H3. The number of aromatic nitrogens is 5. The van der Waals surface area contributed by atoms with Crippen LogP contribution >= 0.6 is 0 Å². The Hall–Kier alpha value is -3.10. The van der Waals surface area contributed by atoms with Crippen LogP contribution in [0.2, 0.25) is 0 Å². The van der Waals surface area contributed by atoms with Crippen molar-refractivity contribution in [3.05, 3.63) is 30.7 Å². The Morgan fingerprint density at radius 3 is 2.43 bits per heavy atom. The Kier molecular flexibility index (Phi) is 4.44. The number of carbonyl (C=O) groups excluding carboxylic acids is 1. The van der Waals surface area contributed by atoms with Crippen LogP contribution in [0.25, 0.3) is 16.8 Å². The fraction of sp³-hybridized carbons (Fsp3) is 0.474. The van der Waals surface area contributed by atoms with Crippen LogP contribution in [0.1, 0.15) is 20.8 Å². The zero-order valence-electron chi connectivity index (χ0n) is 16.7. The summed E-state index contributed by atoms with van der Waals surface area (Å²) in [5, 5.41) is 12.9. The first kappa shape index (κ1) is 18.3. The Morgan fingerprint density at radius 2 is 1.79 bits per heavy atom. The molecule has 0 aliphatic carbocycles. The van der Waals surface area contributed by atoms with Crippen molar-refractivity contribution in [1.82, 2.24) is 29.3 Å². The lowest BCUT2D eigenvalue weighted by Gasteiger charge is -2.35. The Bertz CT molecular complexity index is 993. The van der Waals surface area contributed by atoms with Crippen molar-refractivity contribution in [3.8, 4) is 11.1 Å². The molecule has 0 spiro atoms. The summed E-state index contributed by atoms with van der Waals surface area (Å²) in [5.74, 6) is 0.782. The van der Waals surface area contributed by atoms with Crippen molar-refractivity contribution in [2.24, 2.45) is 7.05 Å². The van der Waals surface area contributed by atoms with Crippen LogP contribution in [0.4, 0.5) is 10.7 Å². The molecule has 0 N–H and O–H groups in total. The molecule has 9 nitrogen and oxygen atoms in total. The summed E-state index contributed by atoms with van der Waals surface area (Å²) in [6.07, 6.45) is 5.58. The highest BCUT2D eigenvalue weighted by atomic mass is 16.6. The predicted octanol–water partition coefficient (Wildman–Crippen LogP) is 2.19. The van der Waals surface area contributed by atoms with Crippen molar-refractivity contribution >= 4 is 17.7 Å². The van der Waals surface area contributed by atoms with Gasteiger partial charge in [0.15, 0.2) is 5.65 Å². The van der Waals surface area contributed by atoms with E-state index < -0.39 is 5.60 Å². The Labute approximate surface area is 163 Å². The number of ether oxygens (including phenoxy) is 1. The van der Waals surface area contributed by atoms with Crippen LogP contribution in [0.15, 0.2) is 30.7 Å². The van der Waals surface area contributed by atoms with Crippen LogP contribution in [0, 0.1) is 0 Å². The van der Waals surface area contributed by atoms with Gasteiger partial charge < -0.3 is 14.5 Å². The van der Waals surface area contributed by atoms with Gasteiger partial charge in [0.05, 0.1) is 6.20 Å². The molecule has 1 aliphatic heterocycles. The number of hydrogen-bond donors (Lipinski definition) is 0. The van der Waals surface area contributed by atoms with Gasteiger partial charge in [0.1, 0.15) is 5.60 Å². The lowest BCUT2D eigenvalue weighted by molar-refractivity contribution is 0.0240. The molecule has 0 atom stereocenters. The molecule has 148 valence electrons. The van der Waals surface area contributed by atoms with Crippen molar-refractivity contribution in [2.75, 3.05) is 31.1 Å².